The van der Waals surface area contributed by atoms with Gasteiger partial charge in [-0.25, -0.2) is 9.59 Å². The van der Waals surface area contributed by atoms with Gasteiger partial charge in [-0.05, 0) is 22.3 Å². The molecule has 10 heteroatoms. The molecule has 34 heavy (non-hydrogen) atoms. The highest BCUT2D eigenvalue weighted by Gasteiger charge is 2.37. The Morgan fingerprint density at radius 3 is 2.41 bits per heavy atom. The van der Waals surface area contributed by atoms with Gasteiger partial charge in [-0.1, -0.05) is 48.5 Å². The summed E-state index contributed by atoms with van der Waals surface area (Å²) in [6.45, 7) is 0.132. The van der Waals surface area contributed by atoms with Crippen molar-refractivity contribution in [3.8, 4) is 11.1 Å². The van der Waals surface area contributed by atoms with Crippen molar-refractivity contribution >= 4 is 35.4 Å². The predicted molar refractivity (Wildman–Crippen MR) is 127 cm³/mol. The predicted octanol–water partition coefficient (Wildman–Crippen LogP) is 3.38. The largest absolute Gasteiger partial charge is 0.480 e. The number of anilines is 1. The fourth-order valence-corrected chi connectivity index (χ4v) is 5.61. The van der Waals surface area contributed by atoms with Gasteiger partial charge in [0.25, 0.3) is 5.91 Å². The summed E-state index contributed by atoms with van der Waals surface area (Å²) in [6, 6.07) is 15.2. The second-order valence-electron chi connectivity index (χ2n) is 8.14. The van der Waals surface area contributed by atoms with E-state index in [4.69, 9.17) is 4.74 Å². The van der Waals surface area contributed by atoms with E-state index in [0.717, 1.165) is 22.3 Å². The lowest BCUT2D eigenvalue weighted by Crippen LogP contribution is -2.42. The third kappa shape index (κ3) is 3.90. The van der Waals surface area contributed by atoms with Crippen molar-refractivity contribution in [2.75, 3.05) is 23.6 Å². The third-order valence-electron chi connectivity index (χ3n) is 6.04. The van der Waals surface area contributed by atoms with E-state index in [-0.39, 0.29) is 29.8 Å². The standard InChI is InChI=1S/C24H22N4O5S/c1-27-10-19(21(26-27)22(29)28-13-34-12-20(28)23(30)31)25-24(32)33-11-18-16-8-4-2-6-14(16)15-7-3-5-9-17(15)18/h2-10,18,20H,11-13H2,1H3,(H,25,32)(H,30,31). The molecular weight excluding hydrogens is 456 g/mol. The van der Waals surface area contributed by atoms with Crippen LogP contribution in [0.1, 0.15) is 27.5 Å². The molecule has 0 spiro atoms. The van der Waals surface area contributed by atoms with Crippen LogP contribution in [0.2, 0.25) is 0 Å². The zero-order chi connectivity index (χ0) is 23.8. The number of carboxylic acids is 1. The number of thioether (sulfide) groups is 1. The van der Waals surface area contributed by atoms with Gasteiger partial charge in [-0.15, -0.1) is 11.8 Å². The molecule has 1 unspecified atom stereocenters. The maximum absolute atomic E-state index is 13.0. The van der Waals surface area contributed by atoms with Crippen LogP contribution in [0.15, 0.2) is 54.7 Å². The van der Waals surface area contributed by atoms with E-state index in [2.05, 4.69) is 22.5 Å². The highest BCUT2D eigenvalue weighted by Crippen LogP contribution is 2.44. The van der Waals surface area contributed by atoms with Gasteiger partial charge in [0.05, 0.1) is 11.6 Å². The van der Waals surface area contributed by atoms with Crippen LogP contribution in [0.3, 0.4) is 0 Å². The first-order chi connectivity index (χ1) is 16.4. The van der Waals surface area contributed by atoms with E-state index in [1.807, 2.05) is 36.4 Å². The lowest BCUT2D eigenvalue weighted by molar-refractivity contribution is -0.140. The molecule has 1 aliphatic heterocycles. The first-order valence-corrected chi connectivity index (χ1v) is 11.9. The monoisotopic (exact) mass is 478 g/mol. The summed E-state index contributed by atoms with van der Waals surface area (Å²) < 4.78 is 6.96. The molecule has 5 rings (SSSR count). The van der Waals surface area contributed by atoms with E-state index >= 15 is 0 Å². The lowest BCUT2D eigenvalue weighted by atomic mass is 9.98. The summed E-state index contributed by atoms with van der Waals surface area (Å²) in [6.07, 6.45) is 0.780. The topological polar surface area (TPSA) is 114 Å². The van der Waals surface area contributed by atoms with Crippen LogP contribution in [-0.2, 0) is 16.6 Å². The van der Waals surface area contributed by atoms with Gasteiger partial charge in [-0.3, -0.25) is 14.8 Å². The summed E-state index contributed by atoms with van der Waals surface area (Å²) >= 11 is 1.36. The van der Waals surface area contributed by atoms with Gasteiger partial charge in [-0.2, -0.15) is 5.10 Å². The van der Waals surface area contributed by atoms with Crippen molar-refractivity contribution in [2.45, 2.75) is 12.0 Å². The Kier molecular flexibility index (Phi) is 5.74. The van der Waals surface area contributed by atoms with E-state index in [9.17, 15) is 19.5 Å². The fourth-order valence-electron chi connectivity index (χ4n) is 4.47. The second-order valence-corrected chi connectivity index (χ2v) is 9.14. The van der Waals surface area contributed by atoms with Crippen LogP contribution in [0, 0.1) is 0 Å². The van der Waals surface area contributed by atoms with Crippen LogP contribution in [0.5, 0.6) is 0 Å². The van der Waals surface area contributed by atoms with Crippen LogP contribution < -0.4 is 5.32 Å². The van der Waals surface area contributed by atoms with E-state index < -0.39 is 24.0 Å². The van der Waals surface area contributed by atoms with Gasteiger partial charge in [0.15, 0.2) is 5.69 Å². The lowest BCUT2D eigenvalue weighted by Gasteiger charge is -2.20. The Morgan fingerprint density at radius 1 is 1.12 bits per heavy atom. The van der Waals surface area contributed by atoms with Gasteiger partial charge < -0.3 is 14.7 Å². The number of fused-ring (bicyclic) bond motifs is 3. The number of carbonyl (C=O) groups excluding carboxylic acids is 2. The first kappa shape index (κ1) is 22.0. The second kappa shape index (κ2) is 8.86. The molecule has 3 aromatic rings. The average Bonchev–Trinajstić information content (AvgIpc) is 3.53. The van der Waals surface area contributed by atoms with Gasteiger partial charge in [0, 0.05) is 24.9 Å². The summed E-state index contributed by atoms with van der Waals surface area (Å²) in [5.41, 5.74) is 4.60. The number of aliphatic carboxylic acids is 1. The Balaban J connectivity index is 1.30. The van der Waals surface area contributed by atoms with Crippen LogP contribution in [0.4, 0.5) is 10.5 Å². The van der Waals surface area contributed by atoms with Crippen LogP contribution >= 0.6 is 11.8 Å². The number of ether oxygens (including phenoxy) is 1. The van der Waals surface area contributed by atoms with Crippen LogP contribution in [0.25, 0.3) is 11.1 Å². The maximum Gasteiger partial charge on any atom is 0.411 e. The molecule has 0 radical (unpaired) electrons. The third-order valence-corrected chi connectivity index (χ3v) is 7.05. The van der Waals surface area contributed by atoms with E-state index in [1.165, 1.54) is 27.5 Å². The number of hydrogen-bond acceptors (Lipinski definition) is 6. The number of aryl methyl sites for hydroxylation is 1. The number of rotatable bonds is 5. The molecule has 1 atom stereocenters. The molecule has 1 aliphatic carbocycles. The average molecular weight is 479 g/mol. The molecule has 2 amide bonds. The van der Waals surface area contributed by atoms with Gasteiger partial charge in [0.2, 0.25) is 0 Å². The molecule has 1 aromatic heterocycles. The number of aromatic nitrogens is 2. The Hall–Kier alpha value is -3.79. The number of hydrogen-bond donors (Lipinski definition) is 2. The first-order valence-electron chi connectivity index (χ1n) is 10.7. The zero-order valence-corrected chi connectivity index (χ0v) is 19.1. The van der Waals surface area contributed by atoms with Gasteiger partial charge >= 0.3 is 12.1 Å². The number of nitrogens with one attached hydrogen (secondary N) is 1. The molecule has 1 fully saturated rings. The number of amides is 2. The molecule has 0 saturated carbocycles. The van der Waals surface area contributed by atoms with Crippen molar-refractivity contribution in [3.63, 3.8) is 0 Å². The minimum absolute atomic E-state index is 0.0234. The van der Waals surface area contributed by atoms with Crippen molar-refractivity contribution in [2.24, 2.45) is 7.05 Å². The zero-order valence-electron chi connectivity index (χ0n) is 18.3. The number of benzene rings is 2. The van der Waals surface area contributed by atoms with Crippen molar-refractivity contribution in [1.29, 1.82) is 0 Å². The number of carboxylic acid groups (broad SMARTS) is 1. The highest BCUT2D eigenvalue weighted by atomic mass is 32.2. The van der Waals surface area contributed by atoms with E-state index in [1.54, 1.807) is 7.05 Å². The number of nitrogens with zero attached hydrogens (tertiary/aromatic N) is 3. The Morgan fingerprint density at radius 2 is 1.76 bits per heavy atom. The molecule has 2 aromatic carbocycles. The molecular formula is C24H22N4O5S. The summed E-state index contributed by atoms with van der Waals surface area (Å²) in [5, 5.41) is 16.1. The minimum atomic E-state index is -1.07. The molecule has 9 nitrogen and oxygen atoms in total. The van der Waals surface area contributed by atoms with Crippen molar-refractivity contribution in [3.05, 3.63) is 71.5 Å². The van der Waals surface area contributed by atoms with Crippen molar-refractivity contribution < 1.29 is 24.2 Å². The minimum Gasteiger partial charge on any atom is -0.480 e. The van der Waals surface area contributed by atoms with E-state index in [0.29, 0.717) is 5.75 Å². The summed E-state index contributed by atoms with van der Waals surface area (Å²) in [7, 11) is 1.62. The highest BCUT2D eigenvalue weighted by molar-refractivity contribution is 7.99. The molecule has 174 valence electrons. The molecule has 2 N–H and O–H groups in total. The maximum atomic E-state index is 13.0. The molecule has 2 heterocycles. The molecule has 0 bridgehead atoms. The molecule has 2 aliphatic rings. The number of carbonyl (C=O) groups is 3. The fraction of sp³-hybridized carbons (Fsp3) is 0.250. The normalized spacial score (nSPS) is 16.7. The Bertz CT molecular complexity index is 1240. The van der Waals surface area contributed by atoms with Crippen LogP contribution in [-0.4, -0.2) is 62.0 Å². The summed E-state index contributed by atoms with van der Waals surface area (Å²) in [4.78, 5) is 38.4. The summed E-state index contributed by atoms with van der Waals surface area (Å²) in [5.74, 6) is -1.15. The SMILES string of the molecule is Cn1cc(NC(=O)OCC2c3ccccc3-c3ccccc32)c(C(=O)N2CSCC2C(=O)O)n1. The quantitative estimate of drug-likeness (QED) is 0.578. The van der Waals surface area contributed by atoms with Crippen molar-refractivity contribution in [1.82, 2.24) is 14.7 Å². The Labute approximate surface area is 199 Å². The van der Waals surface area contributed by atoms with Gasteiger partial charge in [0.1, 0.15) is 12.6 Å². The molecule has 1 saturated heterocycles. The smallest absolute Gasteiger partial charge is 0.411 e.